The van der Waals surface area contributed by atoms with Crippen LogP contribution in [0.1, 0.15) is 42.4 Å². The number of ether oxygens (including phenoxy) is 1. The van der Waals surface area contributed by atoms with E-state index in [0.717, 1.165) is 23.1 Å². The molecule has 11 heteroatoms. The van der Waals surface area contributed by atoms with Crippen molar-refractivity contribution in [2.24, 2.45) is 0 Å². The Bertz CT molecular complexity index is 1280. The van der Waals surface area contributed by atoms with Crippen LogP contribution in [0, 0.1) is 0 Å². The third-order valence-corrected chi connectivity index (χ3v) is 4.94. The number of benzene rings is 2. The molecule has 3 aromatic rings. The Morgan fingerprint density at radius 3 is 2.41 bits per heavy atom. The Morgan fingerprint density at radius 1 is 0.971 bits per heavy atom. The molecule has 4 rings (SSSR count). The predicted octanol–water partition coefficient (Wildman–Crippen LogP) is 3.89. The zero-order valence-electron chi connectivity index (χ0n) is 17.2. The van der Waals surface area contributed by atoms with Crippen LogP contribution in [-0.2, 0) is 22.3 Å². The third kappa shape index (κ3) is 4.53. The summed E-state index contributed by atoms with van der Waals surface area (Å²) in [4.78, 5) is 50.5. The van der Waals surface area contributed by atoms with E-state index in [0.29, 0.717) is 5.76 Å². The topological polar surface area (TPSA) is 106 Å². The summed E-state index contributed by atoms with van der Waals surface area (Å²) in [6.45, 7) is -0.946. The Morgan fingerprint density at radius 2 is 1.71 bits per heavy atom. The summed E-state index contributed by atoms with van der Waals surface area (Å²) in [5.74, 6) is -2.77. The highest BCUT2D eigenvalue weighted by molar-refractivity contribution is 6.21. The highest BCUT2D eigenvalue weighted by Gasteiger charge is 2.37. The van der Waals surface area contributed by atoms with Crippen molar-refractivity contribution in [1.29, 1.82) is 0 Å². The molecular formula is C23H15F3N2O6. The molecule has 0 saturated carbocycles. The first-order chi connectivity index (χ1) is 16.1. The summed E-state index contributed by atoms with van der Waals surface area (Å²) in [7, 11) is 0. The minimum atomic E-state index is -4.68. The molecule has 0 bridgehead atoms. The quantitative estimate of drug-likeness (QED) is 0.431. The van der Waals surface area contributed by atoms with Crippen LogP contribution in [-0.4, -0.2) is 35.2 Å². The van der Waals surface area contributed by atoms with Gasteiger partial charge >= 0.3 is 12.1 Å². The van der Waals surface area contributed by atoms with Gasteiger partial charge in [-0.2, -0.15) is 13.2 Å². The number of para-hydroxylation sites is 1. The van der Waals surface area contributed by atoms with E-state index in [1.165, 1.54) is 30.5 Å². The van der Waals surface area contributed by atoms with Crippen molar-refractivity contribution in [3.05, 3.63) is 88.9 Å². The lowest BCUT2D eigenvalue weighted by Crippen LogP contribution is -2.28. The number of anilines is 1. The highest BCUT2D eigenvalue weighted by Crippen LogP contribution is 2.34. The van der Waals surface area contributed by atoms with Gasteiger partial charge < -0.3 is 14.5 Å². The zero-order chi connectivity index (χ0) is 24.5. The molecule has 0 spiro atoms. The van der Waals surface area contributed by atoms with E-state index < -0.39 is 47.7 Å². The maximum Gasteiger partial charge on any atom is 0.418 e. The van der Waals surface area contributed by atoms with Crippen molar-refractivity contribution in [3.63, 3.8) is 0 Å². The van der Waals surface area contributed by atoms with Gasteiger partial charge in [-0.25, -0.2) is 4.79 Å². The van der Waals surface area contributed by atoms with E-state index in [-0.39, 0.29) is 23.2 Å². The van der Waals surface area contributed by atoms with Gasteiger partial charge in [0, 0.05) is 0 Å². The van der Waals surface area contributed by atoms with Gasteiger partial charge in [-0.15, -0.1) is 0 Å². The van der Waals surface area contributed by atoms with Gasteiger partial charge in [-0.1, -0.05) is 12.1 Å². The molecule has 1 aliphatic heterocycles. The number of hydrogen-bond acceptors (Lipinski definition) is 6. The molecule has 2 aromatic carbocycles. The number of nitrogens with zero attached hydrogens (tertiary/aromatic N) is 1. The number of esters is 1. The number of hydrogen-bond donors (Lipinski definition) is 1. The number of carbonyl (C=O) groups excluding carboxylic acids is 4. The third-order valence-electron chi connectivity index (χ3n) is 4.94. The molecule has 0 unspecified atom stereocenters. The number of halogens is 3. The van der Waals surface area contributed by atoms with Gasteiger partial charge in [0.15, 0.2) is 6.61 Å². The van der Waals surface area contributed by atoms with Crippen molar-refractivity contribution in [2.75, 3.05) is 11.9 Å². The lowest BCUT2D eigenvalue weighted by molar-refractivity contribution is -0.137. The first-order valence-corrected chi connectivity index (χ1v) is 9.81. The average molecular weight is 472 g/mol. The van der Waals surface area contributed by atoms with Crippen LogP contribution in [0.5, 0.6) is 0 Å². The van der Waals surface area contributed by atoms with Crippen LogP contribution in [0.25, 0.3) is 0 Å². The number of nitrogens with one attached hydrogen (secondary N) is 1. The van der Waals surface area contributed by atoms with Crippen LogP contribution < -0.4 is 5.32 Å². The number of carbonyl (C=O) groups is 4. The number of furan rings is 1. The lowest BCUT2D eigenvalue weighted by Gasteiger charge is -2.13. The SMILES string of the molecule is O=C(COC(=O)c1ccc2c(c1)C(=O)N(Cc1ccco1)C2=O)Nc1ccccc1C(F)(F)F. The van der Waals surface area contributed by atoms with Gasteiger partial charge in [0.05, 0.1) is 40.7 Å². The Hall–Kier alpha value is -4.41. The maximum absolute atomic E-state index is 13.0. The summed E-state index contributed by atoms with van der Waals surface area (Å²) in [5.41, 5.74) is -1.56. The van der Waals surface area contributed by atoms with E-state index in [2.05, 4.69) is 5.32 Å². The highest BCUT2D eigenvalue weighted by atomic mass is 19.4. The molecule has 1 aliphatic rings. The fourth-order valence-electron chi connectivity index (χ4n) is 3.36. The van der Waals surface area contributed by atoms with E-state index >= 15 is 0 Å². The molecule has 1 aromatic heterocycles. The van der Waals surface area contributed by atoms with Crippen molar-refractivity contribution in [3.8, 4) is 0 Å². The minimum absolute atomic E-state index is 0.0189. The molecule has 2 heterocycles. The van der Waals surface area contributed by atoms with Crippen LogP contribution in [0.3, 0.4) is 0 Å². The molecule has 0 atom stereocenters. The largest absolute Gasteiger partial charge is 0.467 e. The zero-order valence-corrected chi connectivity index (χ0v) is 17.2. The molecule has 1 N–H and O–H groups in total. The lowest BCUT2D eigenvalue weighted by atomic mass is 10.1. The normalized spacial score (nSPS) is 13.1. The van der Waals surface area contributed by atoms with Gasteiger partial charge in [-0.3, -0.25) is 19.3 Å². The molecule has 8 nitrogen and oxygen atoms in total. The van der Waals surface area contributed by atoms with Crippen LogP contribution in [0.2, 0.25) is 0 Å². The minimum Gasteiger partial charge on any atom is -0.467 e. The first-order valence-electron chi connectivity index (χ1n) is 9.81. The molecule has 174 valence electrons. The number of amides is 3. The van der Waals surface area contributed by atoms with Crippen molar-refractivity contribution >= 4 is 29.4 Å². The predicted molar refractivity (Wildman–Crippen MR) is 110 cm³/mol. The first kappa shape index (κ1) is 22.8. The van der Waals surface area contributed by atoms with Crippen molar-refractivity contribution < 1.29 is 41.5 Å². The average Bonchev–Trinajstić information content (AvgIpc) is 3.40. The summed E-state index contributed by atoms with van der Waals surface area (Å²) < 4.78 is 49.1. The number of rotatable bonds is 6. The molecule has 0 radical (unpaired) electrons. The van der Waals surface area contributed by atoms with Crippen LogP contribution in [0.15, 0.2) is 65.3 Å². The molecule has 0 fully saturated rings. The van der Waals surface area contributed by atoms with Gasteiger partial charge in [-0.05, 0) is 42.5 Å². The number of imide groups is 1. The second-order valence-electron chi connectivity index (χ2n) is 7.20. The van der Waals surface area contributed by atoms with Gasteiger partial charge in [0.25, 0.3) is 17.7 Å². The Kier molecular flexibility index (Phi) is 5.93. The second kappa shape index (κ2) is 8.85. The molecule has 0 saturated heterocycles. The smallest absolute Gasteiger partial charge is 0.418 e. The van der Waals surface area contributed by atoms with E-state index in [1.54, 1.807) is 12.1 Å². The van der Waals surface area contributed by atoms with Crippen molar-refractivity contribution in [1.82, 2.24) is 4.90 Å². The second-order valence-corrected chi connectivity index (χ2v) is 7.20. The fraction of sp³-hybridized carbons (Fsp3) is 0.130. The summed E-state index contributed by atoms with van der Waals surface area (Å²) in [6, 6.07) is 11.3. The summed E-state index contributed by atoms with van der Waals surface area (Å²) >= 11 is 0. The summed E-state index contributed by atoms with van der Waals surface area (Å²) in [6.07, 6.45) is -3.28. The molecule has 34 heavy (non-hydrogen) atoms. The number of fused-ring (bicyclic) bond motifs is 1. The van der Waals surface area contributed by atoms with E-state index in [9.17, 15) is 32.3 Å². The molecular weight excluding hydrogens is 457 g/mol. The van der Waals surface area contributed by atoms with Gasteiger partial charge in [0.1, 0.15) is 5.76 Å². The standard InChI is InChI=1S/C23H15F3N2O6/c24-23(25,26)17-5-1-2-6-18(17)27-19(29)12-34-22(32)13-7-8-15-16(10-13)21(31)28(20(15)30)11-14-4-3-9-33-14/h1-10H,11-12H2,(H,27,29). The molecule has 0 aliphatic carbocycles. The monoisotopic (exact) mass is 472 g/mol. The number of alkyl halides is 3. The van der Waals surface area contributed by atoms with Crippen LogP contribution >= 0.6 is 0 Å². The Balaban J connectivity index is 1.41. The maximum atomic E-state index is 13.0. The van der Waals surface area contributed by atoms with E-state index in [1.807, 2.05) is 0 Å². The van der Waals surface area contributed by atoms with E-state index in [4.69, 9.17) is 9.15 Å². The summed E-state index contributed by atoms with van der Waals surface area (Å²) in [5, 5.41) is 2.05. The van der Waals surface area contributed by atoms with Gasteiger partial charge in [0.2, 0.25) is 0 Å². The Labute approximate surface area is 189 Å². The van der Waals surface area contributed by atoms with Crippen molar-refractivity contribution in [2.45, 2.75) is 12.7 Å². The van der Waals surface area contributed by atoms with Crippen LogP contribution in [0.4, 0.5) is 18.9 Å². The fourth-order valence-corrected chi connectivity index (χ4v) is 3.36. The molecule has 3 amide bonds.